The Morgan fingerprint density at radius 3 is 2.41 bits per heavy atom. The molecule has 0 aromatic heterocycles. The summed E-state index contributed by atoms with van der Waals surface area (Å²) in [5.74, 6) is 0.436. The maximum absolute atomic E-state index is 13.2. The highest BCUT2D eigenvalue weighted by atomic mass is 16.2. The third-order valence-corrected chi connectivity index (χ3v) is 5.99. The molecule has 4 rings (SSSR count). The van der Waals surface area contributed by atoms with Crippen LogP contribution in [-0.4, -0.2) is 35.5 Å². The number of carbonyl (C=O) groups excluding carboxylic acids is 2. The van der Waals surface area contributed by atoms with Gasteiger partial charge in [-0.3, -0.25) is 4.79 Å². The van der Waals surface area contributed by atoms with Crippen LogP contribution in [0, 0.1) is 0 Å². The van der Waals surface area contributed by atoms with Gasteiger partial charge < -0.3 is 15.5 Å². The lowest BCUT2D eigenvalue weighted by atomic mass is 9.87. The van der Waals surface area contributed by atoms with Gasteiger partial charge in [0.1, 0.15) is 0 Å². The fourth-order valence-corrected chi connectivity index (χ4v) is 4.34. The Balaban J connectivity index is 1.44. The van der Waals surface area contributed by atoms with E-state index in [1.807, 2.05) is 23.1 Å². The molecule has 0 radical (unpaired) electrons. The third kappa shape index (κ3) is 4.61. The predicted octanol–water partition coefficient (Wildman–Crippen LogP) is 4.77. The summed E-state index contributed by atoms with van der Waals surface area (Å²) in [7, 11) is 0. The summed E-state index contributed by atoms with van der Waals surface area (Å²) >= 11 is 0. The molecule has 0 bridgehead atoms. The highest BCUT2D eigenvalue weighted by molar-refractivity contribution is 5.96. The summed E-state index contributed by atoms with van der Waals surface area (Å²) in [5, 5.41) is 5.73. The summed E-state index contributed by atoms with van der Waals surface area (Å²) in [4.78, 5) is 27.1. The number of nitrogens with one attached hydrogen (secondary N) is 2. The highest BCUT2D eigenvalue weighted by Gasteiger charge is 2.35. The SMILES string of the molecule is CC[C@H](c1ccccc1)[C@@H]1CCCN1C(=O)c1ccc(NC(=O)NC2CC2)cc1. The van der Waals surface area contributed by atoms with Gasteiger partial charge in [-0.05, 0) is 61.9 Å². The van der Waals surface area contributed by atoms with E-state index in [1.165, 1.54) is 5.56 Å². The molecular formula is C24H29N3O2. The van der Waals surface area contributed by atoms with Crippen LogP contribution in [0.1, 0.15) is 60.9 Å². The van der Waals surface area contributed by atoms with Crippen LogP contribution in [0.15, 0.2) is 54.6 Å². The van der Waals surface area contributed by atoms with E-state index in [0.29, 0.717) is 23.2 Å². The molecule has 152 valence electrons. The molecule has 2 atom stereocenters. The molecule has 2 aromatic rings. The molecule has 3 amide bonds. The monoisotopic (exact) mass is 391 g/mol. The standard InChI is InChI=1S/C24H29N3O2/c1-2-21(17-7-4-3-5-8-17)22-9-6-16-27(22)23(28)18-10-12-19(13-11-18)25-24(29)26-20-14-15-20/h3-5,7-8,10-13,20-22H,2,6,9,14-16H2,1H3,(H2,25,26,29)/t21-,22+/m1/s1. The Labute approximate surface area is 172 Å². The van der Waals surface area contributed by atoms with Crippen molar-refractivity contribution < 1.29 is 9.59 Å². The van der Waals surface area contributed by atoms with Crippen molar-refractivity contribution in [2.75, 3.05) is 11.9 Å². The first-order chi connectivity index (χ1) is 14.2. The largest absolute Gasteiger partial charge is 0.335 e. The maximum atomic E-state index is 13.2. The highest BCUT2D eigenvalue weighted by Crippen LogP contribution is 2.34. The molecule has 29 heavy (non-hydrogen) atoms. The van der Waals surface area contributed by atoms with Gasteiger partial charge in [-0.1, -0.05) is 37.3 Å². The van der Waals surface area contributed by atoms with Gasteiger partial charge in [0.25, 0.3) is 5.91 Å². The zero-order valence-electron chi connectivity index (χ0n) is 16.9. The van der Waals surface area contributed by atoms with Gasteiger partial charge in [0.15, 0.2) is 0 Å². The van der Waals surface area contributed by atoms with Gasteiger partial charge in [-0.15, -0.1) is 0 Å². The molecule has 1 aliphatic heterocycles. The summed E-state index contributed by atoms with van der Waals surface area (Å²) in [6.45, 7) is 3.00. The molecule has 2 fully saturated rings. The number of amides is 3. The van der Waals surface area contributed by atoms with Crippen LogP contribution >= 0.6 is 0 Å². The maximum Gasteiger partial charge on any atom is 0.319 e. The van der Waals surface area contributed by atoms with Gasteiger partial charge in [0.05, 0.1) is 0 Å². The quantitative estimate of drug-likeness (QED) is 0.745. The van der Waals surface area contributed by atoms with Crippen LogP contribution in [-0.2, 0) is 0 Å². The lowest BCUT2D eigenvalue weighted by molar-refractivity contribution is 0.0714. The first-order valence-electron chi connectivity index (χ1n) is 10.7. The molecule has 0 spiro atoms. The number of carbonyl (C=O) groups is 2. The second-order valence-corrected chi connectivity index (χ2v) is 8.08. The Kier molecular flexibility index (Phi) is 5.84. The van der Waals surface area contributed by atoms with E-state index >= 15 is 0 Å². The Morgan fingerprint density at radius 1 is 1.03 bits per heavy atom. The van der Waals surface area contributed by atoms with E-state index in [4.69, 9.17) is 0 Å². The molecule has 0 unspecified atom stereocenters. The minimum absolute atomic E-state index is 0.0795. The van der Waals surface area contributed by atoms with E-state index in [-0.39, 0.29) is 18.0 Å². The number of hydrogen-bond acceptors (Lipinski definition) is 2. The van der Waals surface area contributed by atoms with Crippen molar-refractivity contribution in [3.05, 3.63) is 65.7 Å². The first-order valence-corrected chi connectivity index (χ1v) is 10.7. The van der Waals surface area contributed by atoms with E-state index in [9.17, 15) is 9.59 Å². The zero-order valence-corrected chi connectivity index (χ0v) is 16.9. The van der Waals surface area contributed by atoms with Crippen molar-refractivity contribution in [2.24, 2.45) is 0 Å². The minimum atomic E-state index is -0.181. The number of urea groups is 1. The fourth-order valence-electron chi connectivity index (χ4n) is 4.34. The third-order valence-electron chi connectivity index (χ3n) is 5.99. The van der Waals surface area contributed by atoms with Crippen LogP contribution in [0.25, 0.3) is 0 Å². The van der Waals surface area contributed by atoms with Gasteiger partial charge in [-0.25, -0.2) is 4.79 Å². The van der Waals surface area contributed by atoms with Crippen molar-refractivity contribution in [1.82, 2.24) is 10.2 Å². The molecule has 5 nitrogen and oxygen atoms in total. The Hall–Kier alpha value is -2.82. The van der Waals surface area contributed by atoms with Crippen molar-refractivity contribution in [3.8, 4) is 0 Å². The average Bonchev–Trinajstić information content (AvgIpc) is 3.42. The summed E-state index contributed by atoms with van der Waals surface area (Å²) in [6, 6.07) is 18.1. The molecule has 1 saturated carbocycles. The Morgan fingerprint density at radius 2 is 1.76 bits per heavy atom. The summed E-state index contributed by atoms with van der Waals surface area (Å²) in [5.41, 5.74) is 2.68. The topological polar surface area (TPSA) is 61.4 Å². The van der Waals surface area contributed by atoms with Crippen LogP contribution in [0.2, 0.25) is 0 Å². The Bertz CT molecular complexity index is 846. The lowest BCUT2D eigenvalue weighted by Gasteiger charge is -2.32. The van der Waals surface area contributed by atoms with E-state index in [1.54, 1.807) is 12.1 Å². The van der Waals surface area contributed by atoms with Crippen molar-refractivity contribution in [1.29, 1.82) is 0 Å². The second kappa shape index (κ2) is 8.68. The summed E-state index contributed by atoms with van der Waals surface area (Å²) < 4.78 is 0. The molecule has 5 heteroatoms. The molecule has 2 aliphatic rings. The van der Waals surface area contributed by atoms with Crippen molar-refractivity contribution in [2.45, 2.75) is 57.0 Å². The number of benzene rings is 2. The summed E-state index contributed by atoms with van der Waals surface area (Å²) in [6.07, 6.45) is 5.21. The number of anilines is 1. The van der Waals surface area contributed by atoms with Crippen LogP contribution in [0.3, 0.4) is 0 Å². The lowest BCUT2D eigenvalue weighted by Crippen LogP contribution is -2.39. The van der Waals surface area contributed by atoms with Crippen LogP contribution in [0.5, 0.6) is 0 Å². The number of likely N-dealkylation sites (tertiary alicyclic amines) is 1. The molecular weight excluding hydrogens is 362 g/mol. The van der Waals surface area contributed by atoms with Crippen molar-refractivity contribution in [3.63, 3.8) is 0 Å². The van der Waals surface area contributed by atoms with Gasteiger partial charge in [0.2, 0.25) is 0 Å². The second-order valence-electron chi connectivity index (χ2n) is 8.08. The van der Waals surface area contributed by atoms with Gasteiger partial charge in [0, 0.05) is 35.8 Å². The van der Waals surface area contributed by atoms with Gasteiger partial charge in [-0.2, -0.15) is 0 Å². The van der Waals surface area contributed by atoms with E-state index < -0.39 is 0 Å². The zero-order chi connectivity index (χ0) is 20.2. The molecule has 1 heterocycles. The number of hydrogen-bond donors (Lipinski definition) is 2. The molecule has 1 saturated heterocycles. The predicted molar refractivity (Wildman–Crippen MR) is 115 cm³/mol. The normalized spacial score (nSPS) is 19.6. The van der Waals surface area contributed by atoms with Crippen LogP contribution < -0.4 is 10.6 Å². The number of nitrogens with zero attached hydrogens (tertiary/aromatic N) is 1. The van der Waals surface area contributed by atoms with E-state index in [2.05, 4.69) is 41.8 Å². The smallest absolute Gasteiger partial charge is 0.319 e. The average molecular weight is 392 g/mol. The first kappa shape index (κ1) is 19.5. The molecule has 2 N–H and O–H groups in total. The van der Waals surface area contributed by atoms with Crippen molar-refractivity contribution >= 4 is 17.6 Å². The van der Waals surface area contributed by atoms with Gasteiger partial charge >= 0.3 is 6.03 Å². The van der Waals surface area contributed by atoms with Crippen LogP contribution in [0.4, 0.5) is 10.5 Å². The van der Waals surface area contributed by atoms with E-state index in [0.717, 1.165) is 38.6 Å². The number of rotatable bonds is 6. The molecule has 2 aromatic carbocycles. The molecule has 1 aliphatic carbocycles. The minimum Gasteiger partial charge on any atom is -0.335 e. The fraction of sp³-hybridized carbons (Fsp3) is 0.417.